The summed E-state index contributed by atoms with van der Waals surface area (Å²) in [7, 11) is 0. The summed E-state index contributed by atoms with van der Waals surface area (Å²) in [4.78, 5) is 10.2. The molecule has 1 aromatic rings. The molecule has 0 N–H and O–H groups in total. The van der Waals surface area contributed by atoms with Crippen molar-refractivity contribution in [3.05, 3.63) is 28.2 Å². The first-order valence-corrected chi connectivity index (χ1v) is 4.17. The third-order valence-electron chi connectivity index (χ3n) is 1.10. The highest BCUT2D eigenvalue weighted by molar-refractivity contribution is 7.11. The van der Waals surface area contributed by atoms with E-state index in [0.717, 1.165) is 11.3 Å². The number of hydrogen-bond donors (Lipinski definition) is 0. The van der Waals surface area contributed by atoms with Gasteiger partial charge in [0.05, 0.1) is 4.88 Å². The van der Waals surface area contributed by atoms with Crippen LogP contribution in [0.15, 0.2) is 23.3 Å². The SMILES string of the molecule is O=C(Cl)/C(F)=C(/F)c1cccs1. The quantitative estimate of drug-likeness (QED) is 0.539. The molecule has 0 saturated heterocycles. The Balaban J connectivity index is 3.05. The second-order valence-electron chi connectivity index (χ2n) is 1.88. The molecular formula is C7H3ClF2OS. The Kier molecular flexibility index (Phi) is 2.94. The van der Waals surface area contributed by atoms with E-state index in [1.165, 1.54) is 6.07 Å². The molecule has 0 aromatic carbocycles. The minimum absolute atomic E-state index is 0.0569. The molecule has 0 aliphatic rings. The lowest BCUT2D eigenvalue weighted by Crippen LogP contribution is -1.88. The van der Waals surface area contributed by atoms with Crippen LogP contribution in [0.2, 0.25) is 0 Å². The van der Waals surface area contributed by atoms with Crippen molar-refractivity contribution >= 4 is 34.0 Å². The van der Waals surface area contributed by atoms with E-state index in [0.29, 0.717) is 0 Å². The molecule has 0 amide bonds. The summed E-state index contributed by atoms with van der Waals surface area (Å²) >= 11 is 5.73. The van der Waals surface area contributed by atoms with Crippen LogP contribution in [-0.2, 0) is 4.79 Å². The molecule has 0 saturated carbocycles. The van der Waals surface area contributed by atoms with Crippen molar-refractivity contribution in [1.82, 2.24) is 0 Å². The molecule has 0 fully saturated rings. The molecule has 0 radical (unpaired) electrons. The lowest BCUT2D eigenvalue weighted by molar-refractivity contribution is -0.109. The predicted molar refractivity (Wildman–Crippen MR) is 44.3 cm³/mol. The molecule has 0 spiro atoms. The largest absolute Gasteiger partial charge is 0.284 e. The fourth-order valence-corrected chi connectivity index (χ4v) is 1.33. The zero-order valence-electron chi connectivity index (χ0n) is 5.68. The first kappa shape index (κ1) is 9.35. The van der Waals surface area contributed by atoms with Crippen molar-refractivity contribution < 1.29 is 13.6 Å². The second kappa shape index (κ2) is 3.78. The lowest BCUT2D eigenvalue weighted by Gasteiger charge is -1.91. The molecule has 1 aromatic heterocycles. The summed E-state index contributed by atoms with van der Waals surface area (Å²) in [6.45, 7) is 0. The summed E-state index contributed by atoms with van der Waals surface area (Å²) in [6, 6.07) is 2.91. The van der Waals surface area contributed by atoms with Crippen LogP contribution in [0.1, 0.15) is 4.88 Å². The fraction of sp³-hybridized carbons (Fsp3) is 0. The van der Waals surface area contributed by atoms with Gasteiger partial charge in [-0.3, -0.25) is 4.79 Å². The van der Waals surface area contributed by atoms with Crippen LogP contribution in [0.4, 0.5) is 8.78 Å². The van der Waals surface area contributed by atoms with Crippen LogP contribution >= 0.6 is 22.9 Å². The van der Waals surface area contributed by atoms with E-state index in [9.17, 15) is 13.6 Å². The highest BCUT2D eigenvalue weighted by Gasteiger charge is 2.15. The standard InChI is InChI=1S/C7H3ClF2OS/c8-7(11)6(10)5(9)4-2-1-3-12-4/h1-3H/b6-5-. The number of rotatable bonds is 2. The first-order valence-electron chi connectivity index (χ1n) is 2.92. The van der Waals surface area contributed by atoms with Crippen LogP contribution in [0.5, 0.6) is 0 Å². The van der Waals surface area contributed by atoms with Gasteiger partial charge >= 0.3 is 0 Å². The van der Waals surface area contributed by atoms with E-state index in [1.54, 1.807) is 11.4 Å². The average molecular weight is 209 g/mol. The van der Waals surface area contributed by atoms with Crippen molar-refractivity contribution in [2.24, 2.45) is 0 Å². The molecule has 0 aliphatic heterocycles. The van der Waals surface area contributed by atoms with Gasteiger partial charge in [-0.25, -0.2) is 4.39 Å². The summed E-state index contributed by atoms with van der Waals surface area (Å²) < 4.78 is 25.3. The summed E-state index contributed by atoms with van der Waals surface area (Å²) in [5.41, 5.74) is 0. The zero-order chi connectivity index (χ0) is 9.14. The molecular weight excluding hydrogens is 206 g/mol. The van der Waals surface area contributed by atoms with E-state index < -0.39 is 16.9 Å². The van der Waals surface area contributed by atoms with E-state index in [4.69, 9.17) is 11.6 Å². The molecule has 64 valence electrons. The molecule has 5 heteroatoms. The molecule has 1 rings (SSSR count). The number of carbonyl (C=O) groups excluding carboxylic acids is 1. The maximum absolute atomic E-state index is 12.8. The van der Waals surface area contributed by atoms with Gasteiger partial charge in [0.15, 0.2) is 5.83 Å². The summed E-state index contributed by atoms with van der Waals surface area (Å²) in [6.07, 6.45) is 0. The Labute approximate surface area is 76.3 Å². The maximum atomic E-state index is 12.8. The van der Waals surface area contributed by atoms with Gasteiger partial charge < -0.3 is 0 Å². The number of thiophene rings is 1. The Hall–Kier alpha value is -0.740. The Morgan fingerprint density at radius 2 is 2.17 bits per heavy atom. The monoisotopic (exact) mass is 208 g/mol. The topological polar surface area (TPSA) is 17.1 Å². The third-order valence-corrected chi connectivity index (χ3v) is 2.13. The normalized spacial score (nSPS) is 12.6. The second-order valence-corrected chi connectivity index (χ2v) is 3.17. The lowest BCUT2D eigenvalue weighted by atomic mass is 10.4. The fourth-order valence-electron chi connectivity index (χ4n) is 0.598. The number of hydrogen-bond acceptors (Lipinski definition) is 2. The zero-order valence-corrected chi connectivity index (χ0v) is 7.25. The minimum atomic E-state index is -1.54. The molecule has 1 heterocycles. The van der Waals surface area contributed by atoms with Gasteiger partial charge in [-0.2, -0.15) is 4.39 Å². The van der Waals surface area contributed by atoms with Gasteiger partial charge in [0.1, 0.15) is 0 Å². The van der Waals surface area contributed by atoms with Crippen LogP contribution < -0.4 is 0 Å². The van der Waals surface area contributed by atoms with E-state index in [2.05, 4.69) is 0 Å². The van der Waals surface area contributed by atoms with Gasteiger partial charge in [-0.15, -0.1) is 11.3 Å². The maximum Gasteiger partial charge on any atom is 0.284 e. The van der Waals surface area contributed by atoms with Crippen LogP contribution in [0.3, 0.4) is 0 Å². The minimum Gasteiger partial charge on any atom is -0.273 e. The molecule has 1 nitrogen and oxygen atoms in total. The van der Waals surface area contributed by atoms with E-state index in [1.807, 2.05) is 0 Å². The van der Waals surface area contributed by atoms with Crippen molar-refractivity contribution in [2.75, 3.05) is 0 Å². The Morgan fingerprint density at radius 3 is 2.58 bits per heavy atom. The number of allylic oxidation sites excluding steroid dienone is 1. The van der Waals surface area contributed by atoms with Gasteiger partial charge in [-0.05, 0) is 23.0 Å². The molecule has 12 heavy (non-hydrogen) atoms. The van der Waals surface area contributed by atoms with Crippen LogP contribution in [0.25, 0.3) is 5.83 Å². The predicted octanol–water partition coefficient (Wildman–Crippen LogP) is 3.12. The van der Waals surface area contributed by atoms with E-state index in [-0.39, 0.29) is 4.88 Å². The molecule has 0 unspecified atom stereocenters. The number of carbonyl (C=O) groups is 1. The van der Waals surface area contributed by atoms with Gasteiger partial charge in [0, 0.05) is 0 Å². The number of halogens is 3. The smallest absolute Gasteiger partial charge is 0.273 e. The van der Waals surface area contributed by atoms with Crippen molar-refractivity contribution in [3.63, 3.8) is 0 Å². The van der Waals surface area contributed by atoms with E-state index >= 15 is 0 Å². The van der Waals surface area contributed by atoms with Crippen LogP contribution in [-0.4, -0.2) is 5.24 Å². The summed E-state index contributed by atoms with van der Waals surface area (Å²) in [5.74, 6) is -2.75. The van der Waals surface area contributed by atoms with Gasteiger partial charge in [-0.1, -0.05) is 6.07 Å². The van der Waals surface area contributed by atoms with Crippen LogP contribution in [0, 0.1) is 0 Å². The Morgan fingerprint density at radius 1 is 1.50 bits per heavy atom. The van der Waals surface area contributed by atoms with Crippen molar-refractivity contribution in [2.45, 2.75) is 0 Å². The summed E-state index contributed by atoms with van der Waals surface area (Å²) in [5, 5.41) is 0.155. The molecule has 0 aliphatic carbocycles. The highest BCUT2D eigenvalue weighted by Crippen LogP contribution is 2.26. The van der Waals surface area contributed by atoms with Gasteiger partial charge in [0.2, 0.25) is 5.83 Å². The van der Waals surface area contributed by atoms with Crippen molar-refractivity contribution in [1.29, 1.82) is 0 Å². The molecule has 0 bridgehead atoms. The van der Waals surface area contributed by atoms with Gasteiger partial charge in [0.25, 0.3) is 5.24 Å². The average Bonchev–Trinajstić information content (AvgIpc) is 2.53. The first-order chi connectivity index (χ1) is 5.63. The Bertz CT molecular complexity index is 318. The van der Waals surface area contributed by atoms with Crippen molar-refractivity contribution in [3.8, 4) is 0 Å². The highest BCUT2D eigenvalue weighted by atomic mass is 35.5. The molecule has 0 atom stereocenters. The third kappa shape index (κ3) is 1.89.